The molecule has 1 N–H and O–H groups in total. The minimum Gasteiger partial charge on any atom is -0.435 e. The molecule has 0 amide bonds. The van der Waals surface area contributed by atoms with Crippen LogP contribution in [0.4, 0.5) is 0 Å². The first-order chi connectivity index (χ1) is 6.14. The Bertz CT molecular complexity index is 309. The molecule has 0 radical (unpaired) electrons. The molecule has 3 aliphatic rings. The van der Waals surface area contributed by atoms with Crippen LogP contribution in [0.1, 0.15) is 13.3 Å². The van der Waals surface area contributed by atoms with Crippen molar-refractivity contribution in [1.29, 1.82) is 0 Å². The van der Waals surface area contributed by atoms with Crippen molar-refractivity contribution in [3.8, 4) is 0 Å². The van der Waals surface area contributed by atoms with Gasteiger partial charge < -0.3 is 9.84 Å². The van der Waals surface area contributed by atoms with Crippen LogP contribution in [0.25, 0.3) is 0 Å². The summed E-state index contributed by atoms with van der Waals surface area (Å²) in [5.41, 5.74) is -0.446. The summed E-state index contributed by atoms with van der Waals surface area (Å²) in [7, 11) is 0. The van der Waals surface area contributed by atoms with E-state index in [4.69, 9.17) is 4.74 Å². The maximum absolute atomic E-state index is 11.6. The van der Waals surface area contributed by atoms with Gasteiger partial charge in [-0.3, -0.25) is 4.79 Å². The number of fused-ring (bicyclic) bond motifs is 5. The van der Waals surface area contributed by atoms with Crippen LogP contribution in [0.3, 0.4) is 0 Å². The molecule has 0 aromatic carbocycles. The highest BCUT2D eigenvalue weighted by atomic mass is 16.6. The highest BCUT2D eigenvalue weighted by Crippen LogP contribution is 2.60. The van der Waals surface area contributed by atoms with Crippen LogP contribution in [-0.2, 0) is 9.53 Å². The van der Waals surface area contributed by atoms with E-state index >= 15 is 0 Å². The van der Waals surface area contributed by atoms with Crippen LogP contribution in [0.15, 0.2) is 12.2 Å². The third-order valence-electron chi connectivity index (χ3n) is 4.02. The monoisotopic (exact) mass is 180 g/mol. The first-order valence-corrected chi connectivity index (χ1v) is 4.71. The first-order valence-electron chi connectivity index (χ1n) is 4.71. The second kappa shape index (κ2) is 1.98. The van der Waals surface area contributed by atoms with Crippen LogP contribution >= 0.6 is 0 Å². The van der Waals surface area contributed by atoms with Crippen LogP contribution < -0.4 is 0 Å². The second-order valence-electron chi connectivity index (χ2n) is 4.50. The summed E-state index contributed by atoms with van der Waals surface area (Å²) in [5.74, 6) is 0.403. The van der Waals surface area contributed by atoms with Gasteiger partial charge in [0.1, 0.15) is 0 Å². The van der Waals surface area contributed by atoms with Crippen molar-refractivity contribution in [3.63, 3.8) is 0 Å². The smallest absolute Gasteiger partial charge is 0.315 e. The molecule has 3 rings (SSSR count). The van der Waals surface area contributed by atoms with Crippen molar-refractivity contribution in [3.05, 3.63) is 12.2 Å². The van der Waals surface area contributed by atoms with E-state index in [0.29, 0.717) is 5.92 Å². The third kappa shape index (κ3) is 0.645. The highest BCUT2D eigenvalue weighted by molar-refractivity contribution is 5.81. The number of aliphatic hydroxyl groups is 1. The Hall–Kier alpha value is -0.830. The number of esters is 1. The zero-order chi connectivity index (χ0) is 9.22. The predicted molar refractivity (Wildman–Crippen MR) is 44.4 cm³/mol. The summed E-state index contributed by atoms with van der Waals surface area (Å²) in [6.07, 6.45) is 4.34. The number of hydrogen-bond donors (Lipinski definition) is 1. The molecule has 1 heterocycles. The van der Waals surface area contributed by atoms with Crippen LogP contribution in [0, 0.1) is 23.2 Å². The van der Waals surface area contributed by atoms with E-state index in [1.165, 1.54) is 0 Å². The Kier molecular flexibility index (Phi) is 1.15. The fraction of sp³-hybridized carbons (Fsp3) is 0.700. The molecule has 3 heteroatoms. The fourth-order valence-corrected chi connectivity index (χ4v) is 3.24. The standard InChI is InChI=1S/C10H12O3/c1-10-6-3-2-5(4-6)7(10)8(11)13-9(10)12/h2-3,5-8,11H,4H2,1H3/t5?,6?,7-,8+,10-/m0/s1. The largest absolute Gasteiger partial charge is 0.435 e. The van der Waals surface area contributed by atoms with Crippen molar-refractivity contribution < 1.29 is 14.6 Å². The molecule has 1 saturated heterocycles. The molecular formula is C10H12O3. The molecular weight excluding hydrogens is 168 g/mol. The lowest BCUT2D eigenvalue weighted by Crippen LogP contribution is -2.35. The number of allylic oxidation sites excluding steroid dienone is 2. The van der Waals surface area contributed by atoms with Gasteiger partial charge in [-0.25, -0.2) is 0 Å². The van der Waals surface area contributed by atoms with Crippen molar-refractivity contribution in [2.45, 2.75) is 19.6 Å². The minimum atomic E-state index is -0.877. The second-order valence-corrected chi connectivity index (χ2v) is 4.50. The number of carbonyl (C=O) groups is 1. The quantitative estimate of drug-likeness (QED) is 0.440. The Morgan fingerprint density at radius 2 is 2.38 bits per heavy atom. The minimum absolute atomic E-state index is 0.00463. The average Bonchev–Trinajstić information content (AvgIpc) is 2.66. The van der Waals surface area contributed by atoms with E-state index in [-0.39, 0.29) is 17.8 Å². The highest BCUT2D eigenvalue weighted by Gasteiger charge is 2.65. The Morgan fingerprint density at radius 3 is 3.08 bits per heavy atom. The Balaban J connectivity index is 2.12. The molecule has 0 aromatic heterocycles. The number of aliphatic hydroxyl groups excluding tert-OH is 1. The van der Waals surface area contributed by atoms with Crippen molar-refractivity contribution in [1.82, 2.24) is 0 Å². The van der Waals surface area contributed by atoms with Crippen LogP contribution in [0.5, 0.6) is 0 Å². The number of rotatable bonds is 0. The molecule has 2 unspecified atom stereocenters. The van der Waals surface area contributed by atoms with Crippen molar-refractivity contribution in [2.24, 2.45) is 23.2 Å². The molecule has 13 heavy (non-hydrogen) atoms. The van der Waals surface area contributed by atoms with Gasteiger partial charge in [-0.15, -0.1) is 0 Å². The maximum Gasteiger partial charge on any atom is 0.315 e. The summed E-state index contributed by atoms with van der Waals surface area (Å²) in [6.45, 7) is 1.92. The van der Waals surface area contributed by atoms with E-state index in [0.717, 1.165) is 6.42 Å². The SMILES string of the molecule is C[C@@]12C(=O)O[C@@H](O)[C@@H]1C1C=CC2C1. The zero-order valence-electron chi connectivity index (χ0n) is 7.43. The fourth-order valence-electron chi connectivity index (χ4n) is 3.24. The number of cyclic esters (lactones) is 1. The molecule has 2 fully saturated rings. The lowest BCUT2D eigenvalue weighted by atomic mass is 9.71. The third-order valence-corrected chi connectivity index (χ3v) is 4.02. The number of ether oxygens (including phenoxy) is 1. The molecule has 5 atom stereocenters. The van der Waals surface area contributed by atoms with Gasteiger partial charge in [0.05, 0.1) is 5.41 Å². The molecule has 1 aliphatic heterocycles. The van der Waals surface area contributed by atoms with E-state index in [9.17, 15) is 9.90 Å². The summed E-state index contributed by atoms with van der Waals surface area (Å²) in [6, 6.07) is 0. The van der Waals surface area contributed by atoms with Gasteiger partial charge in [-0.1, -0.05) is 12.2 Å². The van der Waals surface area contributed by atoms with Crippen LogP contribution in [-0.4, -0.2) is 17.4 Å². The van der Waals surface area contributed by atoms with Gasteiger partial charge in [0.25, 0.3) is 0 Å². The predicted octanol–water partition coefficient (Wildman–Crippen LogP) is 0.690. The van der Waals surface area contributed by atoms with E-state index in [1.54, 1.807) is 0 Å². The topological polar surface area (TPSA) is 46.5 Å². The molecule has 70 valence electrons. The van der Waals surface area contributed by atoms with Gasteiger partial charge in [0.2, 0.25) is 6.29 Å². The average molecular weight is 180 g/mol. The van der Waals surface area contributed by atoms with Gasteiger partial charge in [-0.05, 0) is 25.2 Å². The number of hydrogen-bond acceptors (Lipinski definition) is 3. The van der Waals surface area contributed by atoms with Crippen molar-refractivity contribution >= 4 is 5.97 Å². The molecule has 1 saturated carbocycles. The summed E-state index contributed by atoms with van der Waals surface area (Å²) < 4.78 is 4.89. The van der Waals surface area contributed by atoms with Gasteiger partial charge in [0.15, 0.2) is 0 Å². The summed E-state index contributed by atoms with van der Waals surface area (Å²) >= 11 is 0. The Morgan fingerprint density at radius 1 is 1.62 bits per heavy atom. The molecule has 2 bridgehead atoms. The molecule has 2 aliphatic carbocycles. The van der Waals surface area contributed by atoms with Gasteiger partial charge in [0, 0.05) is 5.92 Å². The lowest BCUT2D eigenvalue weighted by molar-refractivity contribution is -0.160. The summed E-state index contributed by atoms with van der Waals surface area (Å²) in [5, 5.41) is 9.58. The normalized spacial score (nSPS) is 56.9. The van der Waals surface area contributed by atoms with E-state index in [2.05, 4.69) is 12.2 Å². The van der Waals surface area contributed by atoms with E-state index in [1.807, 2.05) is 6.92 Å². The lowest BCUT2D eigenvalue weighted by Gasteiger charge is -2.27. The van der Waals surface area contributed by atoms with Gasteiger partial charge >= 0.3 is 5.97 Å². The zero-order valence-corrected chi connectivity index (χ0v) is 7.43. The first kappa shape index (κ1) is 7.56. The molecule has 0 spiro atoms. The summed E-state index contributed by atoms with van der Waals surface area (Å²) in [4.78, 5) is 11.6. The molecule has 0 aromatic rings. The number of carbonyl (C=O) groups excluding carboxylic acids is 1. The maximum atomic E-state index is 11.6. The molecule has 3 nitrogen and oxygen atoms in total. The Labute approximate surface area is 76.4 Å². The van der Waals surface area contributed by atoms with E-state index < -0.39 is 11.7 Å². The van der Waals surface area contributed by atoms with Crippen molar-refractivity contribution in [2.75, 3.05) is 0 Å². The van der Waals surface area contributed by atoms with Gasteiger partial charge in [-0.2, -0.15) is 0 Å². The van der Waals surface area contributed by atoms with Crippen LogP contribution in [0.2, 0.25) is 0 Å².